The summed E-state index contributed by atoms with van der Waals surface area (Å²) in [6, 6.07) is 10.5. The van der Waals surface area contributed by atoms with Gasteiger partial charge in [-0.2, -0.15) is 0 Å². The van der Waals surface area contributed by atoms with Crippen molar-refractivity contribution in [2.75, 3.05) is 18.0 Å². The van der Waals surface area contributed by atoms with Crippen molar-refractivity contribution in [2.45, 2.75) is 65.3 Å². The molecule has 2 aliphatic rings. The molecule has 164 valence electrons. The largest absolute Gasteiger partial charge is 0.355 e. The van der Waals surface area contributed by atoms with Gasteiger partial charge in [-0.1, -0.05) is 55.8 Å². The van der Waals surface area contributed by atoms with E-state index in [9.17, 15) is 0 Å². The normalized spacial score (nSPS) is 20.5. The van der Waals surface area contributed by atoms with Crippen LogP contribution < -0.4 is 4.90 Å². The molecule has 3 nitrogen and oxygen atoms in total. The zero-order valence-corrected chi connectivity index (χ0v) is 19.7. The molecule has 5 rings (SSSR count). The average Bonchev–Trinajstić information content (AvgIpc) is 3.06. The fourth-order valence-corrected chi connectivity index (χ4v) is 6.10. The number of halogens is 1. The molecule has 1 unspecified atom stereocenters. The molecule has 1 aliphatic carbocycles. The predicted octanol–water partition coefficient (Wildman–Crippen LogP) is 7.15. The van der Waals surface area contributed by atoms with Crippen molar-refractivity contribution in [2.24, 2.45) is 11.8 Å². The molecule has 0 amide bonds. The Hall–Kier alpha value is -2.00. The number of fused-ring (bicyclic) bond motifs is 1. The molecule has 0 N–H and O–H groups in total. The maximum Gasteiger partial charge on any atom is 0.153 e. The highest BCUT2D eigenvalue weighted by Crippen LogP contribution is 2.38. The number of rotatable bonds is 4. The summed E-state index contributed by atoms with van der Waals surface area (Å²) in [5.41, 5.74) is 5.28. The van der Waals surface area contributed by atoms with Crippen LogP contribution in [0.1, 0.15) is 61.8 Å². The number of hydrogen-bond donors (Lipinski definition) is 0. The van der Waals surface area contributed by atoms with E-state index in [0.29, 0.717) is 0 Å². The molecule has 0 radical (unpaired) electrons. The molecule has 0 bridgehead atoms. The fraction of sp³-hybridized carbons (Fsp3) is 0.519. The lowest BCUT2D eigenvalue weighted by Crippen LogP contribution is -2.39. The first-order valence-corrected chi connectivity index (χ1v) is 12.4. The van der Waals surface area contributed by atoms with E-state index in [2.05, 4.69) is 41.5 Å². The minimum Gasteiger partial charge on any atom is -0.355 e. The minimum atomic E-state index is 0.790. The molecular weight excluding hydrogens is 402 g/mol. The van der Waals surface area contributed by atoms with E-state index in [0.717, 1.165) is 29.9 Å². The third kappa shape index (κ3) is 4.09. The van der Waals surface area contributed by atoms with E-state index in [1.807, 2.05) is 18.3 Å². The maximum atomic E-state index is 6.13. The van der Waals surface area contributed by atoms with Gasteiger partial charge >= 0.3 is 0 Å². The second kappa shape index (κ2) is 8.86. The first kappa shape index (κ1) is 20.9. The monoisotopic (exact) mass is 435 g/mol. The molecule has 1 aliphatic heterocycles. The zero-order valence-electron chi connectivity index (χ0n) is 18.9. The molecule has 1 atom stereocenters. The molecule has 1 aromatic carbocycles. The van der Waals surface area contributed by atoms with Gasteiger partial charge in [0.25, 0.3) is 0 Å². The van der Waals surface area contributed by atoms with Crippen molar-refractivity contribution in [3.63, 3.8) is 0 Å². The third-order valence-corrected chi connectivity index (χ3v) is 8.11. The molecule has 3 heterocycles. The Balaban J connectivity index is 1.51. The number of nitrogens with zero attached hydrogens (tertiary/aromatic N) is 3. The van der Waals surface area contributed by atoms with Gasteiger partial charge in [0.05, 0.1) is 5.52 Å². The van der Waals surface area contributed by atoms with Gasteiger partial charge in [0, 0.05) is 41.9 Å². The Bertz CT molecular complexity index is 1050. The van der Waals surface area contributed by atoms with Crippen molar-refractivity contribution in [3.05, 3.63) is 58.4 Å². The Labute approximate surface area is 191 Å². The van der Waals surface area contributed by atoms with Crippen molar-refractivity contribution in [3.8, 4) is 0 Å². The van der Waals surface area contributed by atoms with Gasteiger partial charge < -0.3 is 9.47 Å². The lowest BCUT2D eigenvalue weighted by atomic mass is 9.76. The van der Waals surface area contributed by atoms with E-state index < -0.39 is 0 Å². The number of piperidine rings is 1. The van der Waals surface area contributed by atoms with Crippen LogP contribution in [0.2, 0.25) is 5.02 Å². The van der Waals surface area contributed by atoms with E-state index in [1.54, 1.807) is 0 Å². The van der Waals surface area contributed by atoms with Crippen LogP contribution in [-0.2, 0) is 6.54 Å². The van der Waals surface area contributed by atoms with Gasteiger partial charge in [0.2, 0.25) is 0 Å². The SMILES string of the molecule is Cc1c(C)n(Cc2ccc(Cl)cc2)c2c(N3CCCC(C4CCCCC4)C3)nccc12. The Morgan fingerprint density at radius 3 is 2.45 bits per heavy atom. The number of hydrogen-bond acceptors (Lipinski definition) is 2. The summed E-state index contributed by atoms with van der Waals surface area (Å²) in [7, 11) is 0. The van der Waals surface area contributed by atoms with Crippen LogP contribution in [0.4, 0.5) is 5.82 Å². The molecule has 3 aromatic rings. The Morgan fingerprint density at radius 2 is 1.68 bits per heavy atom. The second-order valence-corrected chi connectivity index (χ2v) is 10.1. The number of aryl methyl sites for hydroxylation is 1. The maximum absolute atomic E-state index is 6.13. The molecule has 0 spiro atoms. The van der Waals surface area contributed by atoms with Crippen molar-refractivity contribution < 1.29 is 0 Å². The zero-order chi connectivity index (χ0) is 21.4. The van der Waals surface area contributed by atoms with E-state index in [1.165, 1.54) is 85.0 Å². The first-order chi connectivity index (χ1) is 15.1. The highest BCUT2D eigenvalue weighted by Gasteiger charge is 2.30. The summed E-state index contributed by atoms with van der Waals surface area (Å²) in [5, 5.41) is 2.13. The molecule has 4 heteroatoms. The smallest absolute Gasteiger partial charge is 0.153 e. The van der Waals surface area contributed by atoms with Gasteiger partial charge in [-0.15, -0.1) is 0 Å². The van der Waals surface area contributed by atoms with Gasteiger partial charge in [-0.3, -0.25) is 0 Å². The van der Waals surface area contributed by atoms with Gasteiger partial charge in [0.15, 0.2) is 5.82 Å². The quantitative estimate of drug-likeness (QED) is 0.433. The van der Waals surface area contributed by atoms with Crippen molar-refractivity contribution in [1.29, 1.82) is 0 Å². The lowest BCUT2D eigenvalue weighted by molar-refractivity contribution is 0.220. The van der Waals surface area contributed by atoms with Crippen LogP contribution in [0, 0.1) is 25.7 Å². The summed E-state index contributed by atoms with van der Waals surface area (Å²) >= 11 is 6.13. The van der Waals surface area contributed by atoms with Crippen LogP contribution in [0.5, 0.6) is 0 Å². The summed E-state index contributed by atoms with van der Waals surface area (Å²) in [4.78, 5) is 7.56. The van der Waals surface area contributed by atoms with Gasteiger partial charge in [-0.25, -0.2) is 4.98 Å². The summed E-state index contributed by atoms with van der Waals surface area (Å²) in [6.07, 6.45) is 11.8. The fourth-order valence-electron chi connectivity index (χ4n) is 5.97. The molecule has 31 heavy (non-hydrogen) atoms. The molecule has 2 fully saturated rings. The summed E-state index contributed by atoms with van der Waals surface area (Å²) in [6.45, 7) is 7.64. The number of anilines is 1. The molecule has 1 saturated carbocycles. The topological polar surface area (TPSA) is 21.1 Å². The van der Waals surface area contributed by atoms with Gasteiger partial charge in [-0.05, 0) is 67.9 Å². The second-order valence-electron chi connectivity index (χ2n) is 9.70. The number of pyridine rings is 1. The predicted molar refractivity (Wildman–Crippen MR) is 131 cm³/mol. The molecular formula is C27H34ClN3. The Kier molecular flexibility index (Phi) is 5.97. The van der Waals surface area contributed by atoms with Gasteiger partial charge in [0.1, 0.15) is 0 Å². The van der Waals surface area contributed by atoms with E-state index in [-0.39, 0.29) is 0 Å². The Morgan fingerprint density at radius 1 is 0.935 bits per heavy atom. The molecule has 2 aromatic heterocycles. The van der Waals surface area contributed by atoms with E-state index in [4.69, 9.17) is 16.6 Å². The van der Waals surface area contributed by atoms with E-state index >= 15 is 0 Å². The highest BCUT2D eigenvalue weighted by atomic mass is 35.5. The van der Waals surface area contributed by atoms with Crippen LogP contribution in [-0.4, -0.2) is 22.6 Å². The van der Waals surface area contributed by atoms with Crippen LogP contribution in [0.3, 0.4) is 0 Å². The molecule has 1 saturated heterocycles. The van der Waals surface area contributed by atoms with Crippen LogP contribution in [0.25, 0.3) is 10.9 Å². The number of benzene rings is 1. The van der Waals surface area contributed by atoms with Crippen molar-refractivity contribution >= 4 is 28.3 Å². The van der Waals surface area contributed by atoms with Crippen LogP contribution in [0.15, 0.2) is 36.5 Å². The lowest BCUT2D eigenvalue weighted by Gasteiger charge is -2.39. The first-order valence-electron chi connectivity index (χ1n) is 12.1. The summed E-state index contributed by atoms with van der Waals surface area (Å²) in [5.74, 6) is 2.93. The van der Waals surface area contributed by atoms with Crippen LogP contribution >= 0.6 is 11.6 Å². The number of aromatic nitrogens is 2. The average molecular weight is 436 g/mol. The third-order valence-electron chi connectivity index (χ3n) is 7.85. The highest BCUT2D eigenvalue weighted by molar-refractivity contribution is 6.30. The summed E-state index contributed by atoms with van der Waals surface area (Å²) < 4.78 is 2.47. The van der Waals surface area contributed by atoms with Crippen molar-refractivity contribution in [1.82, 2.24) is 9.55 Å². The standard InChI is InChI=1S/C27H34ClN3/c1-19-20(2)31(17-21-10-12-24(28)13-11-21)26-25(19)14-15-29-27(26)30-16-6-9-23(18-30)22-7-4-3-5-8-22/h10-15,22-23H,3-9,16-18H2,1-2H3. The minimum absolute atomic E-state index is 0.790.